The van der Waals surface area contributed by atoms with Crippen LogP contribution in [0.1, 0.15) is 25.0 Å². The molecule has 0 saturated carbocycles. The summed E-state index contributed by atoms with van der Waals surface area (Å²) >= 11 is 0. The number of rotatable bonds is 4. The molecule has 2 nitrogen and oxygen atoms in total. The van der Waals surface area contributed by atoms with Crippen molar-refractivity contribution >= 4 is 10.8 Å². The molecule has 0 radical (unpaired) electrons. The van der Waals surface area contributed by atoms with E-state index in [2.05, 4.69) is 19.9 Å². The van der Waals surface area contributed by atoms with Crippen LogP contribution in [0.5, 0.6) is 0 Å². The Morgan fingerprint density at radius 3 is 2.80 bits per heavy atom. The summed E-state index contributed by atoms with van der Waals surface area (Å²) in [5.41, 5.74) is 1.61. The molecule has 0 fully saturated rings. The van der Waals surface area contributed by atoms with Gasteiger partial charge in [0.05, 0.1) is 11.6 Å². The van der Waals surface area contributed by atoms with E-state index < -0.39 is 10.8 Å². The number of nitriles is 1. The van der Waals surface area contributed by atoms with Gasteiger partial charge < -0.3 is 0 Å². The lowest BCUT2D eigenvalue weighted by Gasteiger charge is -2.05. The van der Waals surface area contributed by atoms with Gasteiger partial charge in [-0.2, -0.15) is 5.26 Å². The van der Waals surface area contributed by atoms with Gasteiger partial charge in [0.15, 0.2) is 0 Å². The summed E-state index contributed by atoms with van der Waals surface area (Å²) in [6, 6.07) is 9.39. The predicted octanol–water partition coefficient (Wildman–Crippen LogP) is 2.46. The van der Waals surface area contributed by atoms with Gasteiger partial charge in [0.25, 0.3) is 0 Å². The third kappa shape index (κ3) is 4.26. The highest BCUT2D eigenvalue weighted by molar-refractivity contribution is 7.84. The lowest BCUT2D eigenvalue weighted by molar-refractivity contribution is 0.664. The molecular formula is C12H15NOS. The minimum absolute atomic E-state index is 0.449. The molecule has 3 heteroatoms. The van der Waals surface area contributed by atoms with E-state index in [-0.39, 0.29) is 0 Å². The lowest BCUT2D eigenvalue weighted by Crippen LogP contribution is -2.06. The fraction of sp³-hybridized carbons (Fsp3) is 0.417. The van der Waals surface area contributed by atoms with Crippen molar-refractivity contribution in [3.05, 3.63) is 35.4 Å². The quantitative estimate of drug-likeness (QED) is 0.783. The molecule has 80 valence electrons. The maximum Gasteiger partial charge on any atom is 0.0991 e. The summed E-state index contributed by atoms with van der Waals surface area (Å²) in [5.74, 6) is 1.72. The van der Waals surface area contributed by atoms with E-state index in [1.54, 1.807) is 12.1 Å². The summed E-state index contributed by atoms with van der Waals surface area (Å²) in [6.07, 6.45) is 0. The zero-order valence-corrected chi connectivity index (χ0v) is 9.88. The highest BCUT2D eigenvalue weighted by Gasteiger charge is 2.04. The second-order valence-corrected chi connectivity index (χ2v) is 5.46. The van der Waals surface area contributed by atoms with Crippen LogP contribution < -0.4 is 0 Å². The van der Waals surface area contributed by atoms with Crippen molar-refractivity contribution in [2.75, 3.05) is 5.75 Å². The number of hydrogen-bond acceptors (Lipinski definition) is 2. The van der Waals surface area contributed by atoms with Gasteiger partial charge in [0.1, 0.15) is 0 Å². The minimum Gasteiger partial charge on any atom is -0.259 e. The van der Waals surface area contributed by atoms with Crippen molar-refractivity contribution < 1.29 is 4.21 Å². The molecule has 0 heterocycles. The van der Waals surface area contributed by atoms with E-state index in [1.807, 2.05) is 12.1 Å². The van der Waals surface area contributed by atoms with Crippen LogP contribution >= 0.6 is 0 Å². The molecule has 0 amide bonds. The third-order valence-electron chi connectivity index (χ3n) is 1.90. The summed E-state index contributed by atoms with van der Waals surface area (Å²) in [6.45, 7) is 4.12. The van der Waals surface area contributed by atoms with E-state index >= 15 is 0 Å². The summed E-state index contributed by atoms with van der Waals surface area (Å²) in [4.78, 5) is 0. The van der Waals surface area contributed by atoms with Gasteiger partial charge in [-0.3, -0.25) is 4.21 Å². The Morgan fingerprint density at radius 2 is 2.20 bits per heavy atom. The molecule has 0 aliphatic heterocycles. The molecule has 1 atom stereocenters. The monoisotopic (exact) mass is 221 g/mol. The van der Waals surface area contributed by atoms with Gasteiger partial charge in [-0.25, -0.2) is 0 Å². The molecule has 1 aromatic carbocycles. The molecule has 0 aliphatic carbocycles. The first kappa shape index (κ1) is 11.9. The molecule has 1 unspecified atom stereocenters. The minimum atomic E-state index is -0.821. The molecule has 0 N–H and O–H groups in total. The molecule has 0 spiro atoms. The Kier molecular flexibility index (Phi) is 4.51. The number of benzene rings is 1. The van der Waals surface area contributed by atoms with Crippen LogP contribution in [0.4, 0.5) is 0 Å². The topological polar surface area (TPSA) is 40.9 Å². The van der Waals surface area contributed by atoms with E-state index in [0.717, 1.165) is 11.3 Å². The van der Waals surface area contributed by atoms with Crippen LogP contribution in [0.25, 0.3) is 0 Å². The average molecular weight is 221 g/mol. The predicted molar refractivity (Wildman–Crippen MR) is 62.7 cm³/mol. The van der Waals surface area contributed by atoms with Crippen LogP contribution in [0.3, 0.4) is 0 Å². The fourth-order valence-electron chi connectivity index (χ4n) is 1.35. The molecule has 1 rings (SSSR count). The lowest BCUT2D eigenvalue weighted by atomic mass is 10.2. The molecule has 0 bridgehead atoms. The SMILES string of the molecule is CC(C)CS(=O)Cc1cccc(C#N)c1. The van der Waals surface area contributed by atoms with Gasteiger partial charge >= 0.3 is 0 Å². The first-order valence-electron chi connectivity index (χ1n) is 4.96. The molecule has 15 heavy (non-hydrogen) atoms. The van der Waals surface area contributed by atoms with Crippen molar-refractivity contribution in [2.24, 2.45) is 5.92 Å². The second-order valence-electron chi connectivity index (χ2n) is 3.96. The van der Waals surface area contributed by atoms with Crippen LogP contribution in [0.15, 0.2) is 24.3 Å². The summed E-state index contributed by atoms with van der Waals surface area (Å²) in [7, 11) is -0.821. The van der Waals surface area contributed by atoms with Crippen molar-refractivity contribution in [1.29, 1.82) is 5.26 Å². The largest absolute Gasteiger partial charge is 0.259 e. The van der Waals surface area contributed by atoms with Gasteiger partial charge in [-0.05, 0) is 23.6 Å². The first-order chi connectivity index (χ1) is 7.11. The van der Waals surface area contributed by atoms with Gasteiger partial charge in [-0.1, -0.05) is 26.0 Å². The Hall–Kier alpha value is -1.14. The Bertz CT molecular complexity index is 393. The zero-order chi connectivity index (χ0) is 11.3. The highest BCUT2D eigenvalue weighted by atomic mass is 32.2. The Morgan fingerprint density at radius 1 is 1.47 bits per heavy atom. The van der Waals surface area contributed by atoms with Gasteiger partial charge in [0.2, 0.25) is 0 Å². The molecule has 0 saturated heterocycles. The van der Waals surface area contributed by atoms with Crippen LogP contribution in [-0.4, -0.2) is 9.96 Å². The van der Waals surface area contributed by atoms with Crippen LogP contribution in [0, 0.1) is 17.2 Å². The van der Waals surface area contributed by atoms with Crippen LogP contribution in [0.2, 0.25) is 0 Å². The van der Waals surface area contributed by atoms with Crippen molar-refractivity contribution in [3.8, 4) is 6.07 Å². The van der Waals surface area contributed by atoms with E-state index in [4.69, 9.17) is 5.26 Å². The Labute approximate surface area is 93.4 Å². The second kappa shape index (κ2) is 5.67. The van der Waals surface area contributed by atoms with Crippen LogP contribution in [-0.2, 0) is 16.6 Å². The fourth-order valence-corrected chi connectivity index (χ4v) is 2.76. The Balaban J connectivity index is 2.65. The number of nitrogens with zero attached hydrogens (tertiary/aromatic N) is 1. The van der Waals surface area contributed by atoms with Gasteiger partial charge in [0, 0.05) is 22.3 Å². The standard InChI is InChI=1S/C12H15NOS/c1-10(2)8-15(14)9-12-5-3-4-11(6-12)7-13/h3-6,10H,8-9H2,1-2H3. The molecule has 0 aromatic heterocycles. The third-order valence-corrected chi connectivity index (χ3v) is 3.60. The highest BCUT2D eigenvalue weighted by Crippen LogP contribution is 2.08. The molecular weight excluding hydrogens is 206 g/mol. The molecule has 0 aliphatic rings. The first-order valence-corrected chi connectivity index (χ1v) is 6.44. The van der Waals surface area contributed by atoms with Crippen molar-refractivity contribution in [2.45, 2.75) is 19.6 Å². The number of hydrogen-bond donors (Lipinski definition) is 0. The van der Waals surface area contributed by atoms with Gasteiger partial charge in [-0.15, -0.1) is 0 Å². The normalized spacial score (nSPS) is 12.4. The van der Waals surface area contributed by atoms with E-state index in [0.29, 0.717) is 17.2 Å². The van der Waals surface area contributed by atoms with E-state index in [9.17, 15) is 4.21 Å². The molecule has 1 aromatic rings. The summed E-state index contributed by atoms with van der Waals surface area (Å²) in [5, 5.41) is 8.72. The van der Waals surface area contributed by atoms with Crippen molar-refractivity contribution in [1.82, 2.24) is 0 Å². The zero-order valence-electron chi connectivity index (χ0n) is 9.06. The maximum absolute atomic E-state index is 11.7. The maximum atomic E-state index is 11.7. The average Bonchev–Trinajstić information content (AvgIpc) is 2.16. The smallest absolute Gasteiger partial charge is 0.0991 e. The summed E-state index contributed by atoms with van der Waals surface area (Å²) < 4.78 is 11.7. The van der Waals surface area contributed by atoms with Crippen molar-refractivity contribution in [3.63, 3.8) is 0 Å². The van der Waals surface area contributed by atoms with E-state index in [1.165, 1.54) is 0 Å².